The SMILES string of the molecule is O=C(NCc1ccccc1)O[C@H]1CO[C@@H]2[C@@H]1OC[C@@H]2Nc1nccc(-c2ccccc2)n1. The summed E-state index contributed by atoms with van der Waals surface area (Å²) in [5, 5.41) is 6.09. The van der Waals surface area contributed by atoms with Crippen molar-refractivity contribution in [2.24, 2.45) is 0 Å². The van der Waals surface area contributed by atoms with Crippen LogP contribution in [0, 0.1) is 0 Å². The molecule has 0 unspecified atom stereocenters. The molecule has 8 nitrogen and oxygen atoms in total. The second-order valence-electron chi connectivity index (χ2n) is 7.76. The van der Waals surface area contributed by atoms with Crippen molar-refractivity contribution >= 4 is 12.0 Å². The number of rotatable bonds is 6. The molecular weight excluding hydrogens is 408 g/mol. The molecule has 2 aliphatic rings. The standard InChI is InChI=1S/C24H24N4O4/c29-24(26-13-16-7-3-1-4-8-16)32-20-15-31-21-19(14-30-22(20)21)28-23-25-12-11-18(27-23)17-9-5-2-6-10-17/h1-12,19-22H,13-15H2,(H,26,29)(H,25,27,28)/t19-,20-,21-,22+/m0/s1. The predicted molar refractivity (Wildman–Crippen MR) is 118 cm³/mol. The molecule has 0 radical (unpaired) electrons. The summed E-state index contributed by atoms with van der Waals surface area (Å²) < 4.78 is 17.4. The zero-order chi connectivity index (χ0) is 21.8. The molecule has 164 valence electrons. The number of hydrogen-bond acceptors (Lipinski definition) is 7. The number of nitrogens with one attached hydrogen (secondary N) is 2. The molecule has 0 spiro atoms. The van der Waals surface area contributed by atoms with Gasteiger partial charge < -0.3 is 24.8 Å². The number of anilines is 1. The van der Waals surface area contributed by atoms with Crippen LogP contribution in [0.1, 0.15) is 5.56 Å². The largest absolute Gasteiger partial charge is 0.441 e. The second-order valence-corrected chi connectivity index (χ2v) is 7.76. The van der Waals surface area contributed by atoms with E-state index in [0.717, 1.165) is 16.8 Å². The molecule has 2 N–H and O–H groups in total. The van der Waals surface area contributed by atoms with Gasteiger partial charge in [0.1, 0.15) is 12.2 Å². The Bertz CT molecular complexity index is 1050. The number of amides is 1. The fourth-order valence-corrected chi connectivity index (χ4v) is 4.00. The Morgan fingerprint density at radius 3 is 2.53 bits per heavy atom. The molecule has 8 heteroatoms. The summed E-state index contributed by atoms with van der Waals surface area (Å²) in [5.41, 5.74) is 2.86. The highest BCUT2D eigenvalue weighted by molar-refractivity contribution is 5.67. The van der Waals surface area contributed by atoms with Gasteiger partial charge in [0, 0.05) is 18.3 Å². The molecule has 1 amide bonds. The molecule has 2 saturated heterocycles. The highest BCUT2D eigenvalue weighted by atomic mass is 16.6. The maximum absolute atomic E-state index is 12.2. The second kappa shape index (κ2) is 9.33. The Kier molecular flexibility index (Phi) is 5.96. The van der Waals surface area contributed by atoms with Crippen molar-refractivity contribution < 1.29 is 19.0 Å². The summed E-state index contributed by atoms with van der Waals surface area (Å²) in [7, 11) is 0. The summed E-state index contributed by atoms with van der Waals surface area (Å²) in [4.78, 5) is 21.2. The first kappa shape index (κ1) is 20.4. The van der Waals surface area contributed by atoms with Gasteiger partial charge in [-0.25, -0.2) is 14.8 Å². The van der Waals surface area contributed by atoms with Crippen LogP contribution in [0.25, 0.3) is 11.3 Å². The van der Waals surface area contributed by atoms with Crippen molar-refractivity contribution in [1.29, 1.82) is 0 Å². The lowest BCUT2D eigenvalue weighted by atomic mass is 10.1. The zero-order valence-corrected chi connectivity index (χ0v) is 17.4. The quantitative estimate of drug-likeness (QED) is 0.618. The molecular formula is C24H24N4O4. The van der Waals surface area contributed by atoms with Gasteiger partial charge in [0.25, 0.3) is 0 Å². The first-order valence-corrected chi connectivity index (χ1v) is 10.6. The van der Waals surface area contributed by atoms with Crippen LogP contribution in [0.4, 0.5) is 10.7 Å². The van der Waals surface area contributed by atoms with Gasteiger partial charge in [-0.15, -0.1) is 0 Å². The summed E-state index contributed by atoms with van der Waals surface area (Å²) in [6.45, 7) is 1.11. The predicted octanol–water partition coefficient (Wildman–Crippen LogP) is 3.02. The van der Waals surface area contributed by atoms with Crippen LogP contribution in [0.3, 0.4) is 0 Å². The van der Waals surface area contributed by atoms with E-state index >= 15 is 0 Å². The van der Waals surface area contributed by atoms with Crippen molar-refractivity contribution in [2.45, 2.75) is 30.9 Å². The van der Waals surface area contributed by atoms with Crippen LogP contribution in [-0.2, 0) is 20.8 Å². The number of benzene rings is 2. The number of fused-ring (bicyclic) bond motifs is 1. The summed E-state index contributed by atoms with van der Waals surface area (Å²) in [6, 6.07) is 21.3. The summed E-state index contributed by atoms with van der Waals surface area (Å²) >= 11 is 0. The van der Waals surface area contributed by atoms with Crippen LogP contribution in [-0.4, -0.2) is 53.6 Å². The maximum atomic E-state index is 12.2. The van der Waals surface area contributed by atoms with E-state index < -0.39 is 12.2 Å². The number of carbonyl (C=O) groups excluding carboxylic acids is 1. The lowest BCUT2D eigenvalue weighted by Crippen LogP contribution is -2.39. The van der Waals surface area contributed by atoms with Gasteiger partial charge in [-0.05, 0) is 11.6 Å². The summed E-state index contributed by atoms with van der Waals surface area (Å²) in [6.07, 6.45) is 0.211. The molecule has 1 aromatic heterocycles. The van der Waals surface area contributed by atoms with E-state index in [9.17, 15) is 4.79 Å². The van der Waals surface area contributed by atoms with Crippen molar-refractivity contribution in [3.63, 3.8) is 0 Å². The van der Waals surface area contributed by atoms with E-state index in [4.69, 9.17) is 14.2 Å². The van der Waals surface area contributed by atoms with Gasteiger partial charge in [0.15, 0.2) is 6.10 Å². The molecule has 2 aromatic carbocycles. The van der Waals surface area contributed by atoms with Crippen molar-refractivity contribution in [1.82, 2.24) is 15.3 Å². The van der Waals surface area contributed by atoms with E-state index in [1.165, 1.54) is 0 Å². The fourth-order valence-electron chi connectivity index (χ4n) is 4.00. The highest BCUT2D eigenvalue weighted by Crippen LogP contribution is 2.30. The molecule has 2 fully saturated rings. The van der Waals surface area contributed by atoms with Crippen molar-refractivity contribution in [2.75, 3.05) is 18.5 Å². The average Bonchev–Trinajstić information content (AvgIpc) is 3.42. The molecule has 3 heterocycles. The van der Waals surface area contributed by atoms with Crippen LogP contribution < -0.4 is 10.6 Å². The first-order chi connectivity index (χ1) is 15.8. The van der Waals surface area contributed by atoms with Crippen molar-refractivity contribution in [3.8, 4) is 11.3 Å². The Morgan fingerprint density at radius 2 is 1.72 bits per heavy atom. The lowest BCUT2D eigenvalue weighted by Gasteiger charge is -2.18. The van der Waals surface area contributed by atoms with Crippen LogP contribution in [0.5, 0.6) is 0 Å². The minimum absolute atomic E-state index is 0.132. The topological polar surface area (TPSA) is 94.6 Å². The number of carbonyl (C=O) groups is 1. The lowest BCUT2D eigenvalue weighted by molar-refractivity contribution is 0.00431. The zero-order valence-electron chi connectivity index (χ0n) is 17.4. The number of nitrogens with zero attached hydrogens (tertiary/aromatic N) is 2. The smallest absolute Gasteiger partial charge is 0.407 e. The van der Waals surface area contributed by atoms with Crippen LogP contribution in [0.15, 0.2) is 72.9 Å². The normalized spacial score (nSPS) is 24.0. The molecule has 0 saturated carbocycles. The third-order valence-electron chi connectivity index (χ3n) is 5.59. The first-order valence-electron chi connectivity index (χ1n) is 10.6. The van der Waals surface area contributed by atoms with Crippen LogP contribution >= 0.6 is 0 Å². The fraction of sp³-hybridized carbons (Fsp3) is 0.292. The maximum Gasteiger partial charge on any atom is 0.407 e. The van der Waals surface area contributed by atoms with E-state index in [1.54, 1.807) is 6.20 Å². The van der Waals surface area contributed by atoms with Gasteiger partial charge in [-0.1, -0.05) is 60.7 Å². The highest BCUT2D eigenvalue weighted by Gasteiger charge is 2.49. The Balaban J connectivity index is 1.16. The van der Waals surface area contributed by atoms with Gasteiger partial charge in [0.05, 0.1) is 24.9 Å². The van der Waals surface area contributed by atoms with Gasteiger partial charge in [-0.3, -0.25) is 0 Å². The Labute approximate surface area is 185 Å². The minimum Gasteiger partial charge on any atom is -0.441 e. The third kappa shape index (κ3) is 4.56. The van der Waals surface area contributed by atoms with E-state index in [2.05, 4.69) is 20.6 Å². The van der Waals surface area contributed by atoms with E-state index in [1.807, 2.05) is 66.7 Å². The number of alkyl carbamates (subject to hydrolysis) is 1. The molecule has 0 bridgehead atoms. The van der Waals surface area contributed by atoms with Gasteiger partial charge in [-0.2, -0.15) is 0 Å². The minimum atomic E-state index is -0.484. The molecule has 2 aliphatic heterocycles. The summed E-state index contributed by atoms with van der Waals surface area (Å²) in [5.74, 6) is 0.508. The molecule has 32 heavy (non-hydrogen) atoms. The van der Waals surface area contributed by atoms with Crippen molar-refractivity contribution in [3.05, 3.63) is 78.5 Å². The number of ether oxygens (including phenoxy) is 3. The molecule has 0 aliphatic carbocycles. The molecule has 3 aromatic rings. The van der Waals surface area contributed by atoms with E-state index in [0.29, 0.717) is 19.1 Å². The number of aromatic nitrogens is 2. The number of hydrogen-bond donors (Lipinski definition) is 2. The van der Waals surface area contributed by atoms with Gasteiger partial charge in [0.2, 0.25) is 5.95 Å². The Morgan fingerprint density at radius 1 is 0.969 bits per heavy atom. The monoisotopic (exact) mass is 432 g/mol. The molecule has 5 rings (SSSR count). The van der Waals surface area contributed by atoms with Gasteiger partial charge >= 0.3 is 6.09 Å². The Hall–Kier alpha value is -3.49. The van der Waals surface area contributed by atoms with Crippen LogP contribution in [0.2, 0.25) is 0 Å². The third-order valence-corrected chi connectivity index (χ3v) is 5.59. The van der Waals surface area contributed by atoms with E-state index in [-0.39, 0.29) is 24.9 Å². The average molecular weight is 432 g/mol. The molecule has 4 atom stereocenters.